The van der Waals surface area contributed by atoms with Crippen LogP contribution in [0.5, 0.6) is 0 Å². The minimum absolute atomic E-state index is 0.0798. The molecule has 0 aliphatic heterocycles. The molecular formula is C14H21NO3. The van der Waals surface area contributed by atoms with Crippen molar-refractivity contribution in [2.45, 2.75) is 26.3 Å². The number of nitrogens with zero attached hydrogens (tertiary/aromatic N) is 1. The molecule has 18 heavy (non-hydrogen) atoms. The SMILES string of the molecule is CN(CCOC(=O)C=Cc1ccco1)C(C)(C)C. The van der Waals surface area contributed by atoms with Crippen molar-refractivity contribution in [2.75, 3.05) is 20.2 Å². The van der Waals surface area contributed by atoms with Crippen LogP contribution in [0.4, 0.5) is 0 Å². The average molecular weight is 251 g/mol. The number of hydrogen-bond acceptors (Lipinski definition) is 4. The predicted octanol–water partition coefficient (Wildman–Crippen LogP) is 2.57. The van der Waals surface area contributed by atoms with Crippen LogP contribution in [0.15, 0.2) is 28.9 Å². The predicted molar refractivity (Wildman–Crippen MR) is 71.1 cm³/mol. The molecule has 1 heterocycles. The Bertz CT molecular complexity index is 388. The topological polar surface area (TPSA) is 42.7 Å². The maximum Gasteiger partial charge on any atom is 0.330 e. The van der Waals surface area contributed by atoms with Crippen LogP contribution in [0.1, 0.15) is 26.5 Å². The van der Waals surface area contributed by atoms with Gasteiger partial charge in [0.15, 0.2) is 0 Å². The quantitative estimate of drug-likeness (QED) is 0.596. The normalized spacial score (nSPS) is 12.3. The summed E-state index contributed by atoms with van der Waals surface area (Å²) in [6.07, 6.45) is 4.52. The van der Waals surface area contributed by atoms with Crippen molar-refractivity contribution in [2.24, 2.45) is 0 Å². The summed E-state index contributed by atoms with van der Waals surface area (Å²) in [6, 6.07) is 3.54. The molecule has 0 unspecified atom stereocenters. The van der Waals surface area contributed by atoms with E-state index in [0.717, 1.165) is 0 Å². The van der Waals surface area contributed by atoms with Gasteiger partial charge in [-0.3, -0.25) is 4.90 Å². The van der Waals surface area contributed by atoms with E-state index in [2.05, 4.69) is 25.7 Å². The summed E-state index contributed by atoms with van der Waals surface area (Å²) in [5.41, 5.74) is 0.0798. The van der Waals surface area contributed by atoms with Crippen molar-refractivity contribution in [1.29, 1.82) is 0 Å². The first-order valence-corrected chi connectivity index (χ1v) is 5.99. The Kier molecular flexibility index (Phi) is 5.16. The minimum atomic E-state index is -0.353. The molecule has 1 aromatic rings. The van der Waals surface area contributed by atoms with E-state index < -0.39 is 0 Å². The van der Waals surface area contributed by atoms with Gasteiger partial charge in [0.2, 0.25) is 0 Å². The van der Waals surface area contributed by atoms with E-state index >= 15 is 0 Å². The third-order valence-electron chi connectivity index (χ3n) is 2.74. The van der Waals surface area contributed by atoms with Gasteiger partial charge in [0.05, 0.1) is 6.26 Å². The van der Waals surface area contributed by atoms with Crippen LogP contribution in [0.2, 0.25) is 0 Å². The zero-order valence-corrected chi connectivity index (χ0v) is 11.5. The van der Waals surface area contributed by atoms with Crippen LogP contribution < -0.4 is 0 Å². The van der Waals surface area contributed by atoms with Gasteiger partial charge in [0.25, 0.3) is 0 Å². The van der Waals surface area contributed by atoms with Crippen molar-refractivity contribution in [3.05, 3.63) is 30.2 Å². The molecular weight excluding hydrogens is 230 g/mol. The molecule has 0 atom stereocenters. The Morgan fingerprint density at radius 1 is 1.50 bits per heavy atom. The lowest BCUT2D eigenvalue weighted by molar-refractivity contribution is -0.138. The second-order valence-electron chi connectivity index (χ2n) is 5.11. The van der Waals surface area contributed by atoms with Crippen molar-refractivity contribution >= 4 is 12.0 Å². The number of esters is 1. The van der Waals surface area contributed by atoms with Crippen molar-refractivity contribution in [3.63, 3.8) is 0 Å². The highest BCUT2D eigenvalue weighted by molar-refractivity contribution is 5.86. The zero-order valence-electron chi connectivity index (χ0n) is 11.5. The number of ether oxygens (including phenoxy) is 1. The van der Waals surface area contributed by atoms with E-state index in [1.165, 1.54) is 6.08 Å². The second kappa shape index (κ2) is 6.40. The molecule has 0 radical (unpaired) electrons. The van der Waals surface area contributed by atoms with Crippen molar-refractivity contribution in [3.8, 4) is 0 Å². The number of likely N-dealkylation sites (N-methyl/N-ethyl adjacent to an activating group) is 1. The molecule has 4 heteroatoms. The van der Waals surface area contributed by atoms with Crippen molar-refractivity contribution < 1.29 is 13.9 Å². The molecule has 0 saturated carbocycles. The van der Waals surface area contributed by atoms with Gasteiger partial charge >= 0.3 is 5.97 Å². The van der Waals surface area contributed by atoms with E-state index in [9.17, 15) is 4.79 Å². The smallest absolute Gasteiger partial charge is 0.330 e. The summed E-state index contributed by atoms with van der Waals surface area (Å²) in [4.78, 5) is 13.5. The lowest BCUT2D eigenvalue weighted by atomic mass is 10.1. The van der Waals surface area contributed by atoms with E-state index in [1.807, 2.05) is 7.05 Å². The lowest BCUT2D eigenvalue weighted by Gasteiger charge is -2.31. The number of carbonyl (C=O) groups excluding carboxylic acids is 1. The molecule has 0 bridgehead atoms. The maximum absolute atomic E-state index is 11.4. The van der Waals surface area contributed by atoms with Crippen LogP contribution in [0.3, 0.4) is 0 Å². The molecule has 100 valence electrons. The van der Waals surface area contributed by atoms with Gasteiger partial charge < -0.3 is 9.15 Å². The Hall–Kier alpha value is -1.55. The first-order chi connectivity index (χ1) is 8.39. The highest BCUT2D eigenvalue weighted by atomic mass is 16.5. The summed E-state index contributed by atoms with van der Waals surface area (Å²) >= 11 is 0. The second-order valence-corrected chi connectivity index (χ2v) is 5.11. The third-order valence-corrected chi connectivity index (χ3v) is 2.74. The van der Waals surface area contributed by atoms with Gasteiger partial charge in [-0.2, -0.15) is 0 Å². The molecule has 0 aliphatic rings. The fourth-order valence-electron chi connectivity index (χ4n) is 1.20. The van der Waals surface area contributed by atoms with Gasteiger partial charge in [-0.25, -0.2) is 4.79 Å². The molecule has 0 spiro atoms. The van der Waals surface area contributed by atoms with Crippen LogP contribution in [-0.4, -0.2) is 36.6 Å². The fraction of sp³-hybridized carbons (Fsp3) is 0.500. The Morgan fingerprint density at radius 2 is 2.22 bits per heavy atom. The van der Waals surface area contributed by atoms with Crippen LogP contribution in [0.25, 0.3) is 6.08 Å². The number of furan rings is 1. The van der Waals surface area contributed by atoms with Gasteiger partial charge in [0, 0.05) is 18.2 Å². The zero-order chi connectivity index (χ0) is 13.6. The monoisotopic (exact) mass is 251 g/mol. The third kappa shape index (κ3) is 5.19. The van der Waals surface area contributed by atoms with Crippen LogP contribution in [-0.2, 0) is 9.53 Å². The molecule has 0 aliphatic carbocycles. The fourth-order valence-corrected chi connectivity index (χ4v) is 1.20. The van der Waals surface area contributed by atoms with Gasteiger partial charge in [-0.15, -0.1) is 0 Å². The first-order valence-electron chi connectivity index (χ1n) is 5.99. The lowest BCUT2D eigenvalue weighted by Crippen LogP contribution is -2.40. The Morgan fingerprint density at radius 3 is 2.78 bits per heavy atom. The Balaban J connectivity index is 2.26. The summed E-state index contributed by atoms with van der Waals surface area (Å²) in [6.45, 7) is 7.45. The molecule has 0 N–H and O–H groups in total. The number of rotatable bonds is 5. The summed E-state index contributed by atoms with van der Waals surface area (Å²) in [7, 11) is 2.01. The average Bonchev–Trinajstić information content (AvgIpc) is 2.77. The molecule has 1 aromatic heterocycles. The Labute approximate surface area is 108 Å². The van der Waals surface area contributed by atoms with Crippen LogP contribution in [0, 0.1) is 0 Å². The van der Waals surface area contributed by atoms with Crippen LogP contribution >= 0.6 is 0 Å². The molecule has 0 aromatic carbocycles. The van der Waals surface area contributed by atoms with Crippen molar-refractivity contribution in [1.82, 2.24) is 4.90 Å². The van der Waals surface area contributed by atoms with E-state index in [0.29, 0.717) is 18.9 Å². The minimum Gasteiger partial charge on any atom is -0.465 e. The van der Waals surface area contributed by atoms with Gasteiger partial charge in [-0.1, -0.05) is 0 Å². The summed E-state index contributed by atoms with van der Waals surface area (Å²) in [5.74, 6) is 0.285. The molecule has 0 saturated heterocycles. The molecule has 0 fully saturated rings. The van der Waals surface area contributed by atoms with Gasteiger partial charge in [-0.05, 0) is 46.0 Å². The highest BCUT2D eigenvalue weighted by Crippen LogP contribution is 2.09. The van der Waals surface area contributed by atoms with E-state index in [-0.39, 0.29) is 11.5 Å². The van der Waals surface area contributed by atoms with E-state index in [4.69, 9.17) is 9.15 Å². The first kappa shape index (κ1) is 14.5. The molecule has 4 nitrogen and oxygen atoms in total. The number of carbonyl (C=O) groups is 1. The number of hydrogen-bond donors (Lipinski definition) is 0. The van der Waals surface area contributed by atoms with Gasteiger partial charge in [0.1, 0.15) is 12.4 Å². The highest BCUT2D eigenvalue weighted by Gasteiger charge is 2.16. The van der Waals surface area contributed by atoms with E-state index in [1.54, 1.807) is 24.5 Å². The largest absolute Gasteiger partial charge is 0.465 e. The summed E-state index contributed by atoms with van der Waals surface area (Å²) < 4.78 is 10.2. The maximum atomic E-state index is 11.4. The molecule has 1 rings (SSSR count). The molecule has 0 amide bonds. The summed E-state index contributed by atoms with van der Waals surface area (Å²) in [5, 5.41) is 0. The standard InChI is InChI=1S/C14H21NO3/c1-14(2,3)15(4)9-11-18-13(16)8-7-12-6-5-10-17-12/h5-8,10H,9,11H2,1-4H3.